The molecule has 1 aromatic rings. The number of benzene rings is 1. The van der Waals surface area contributed by atoms with Crippen LogP contribution in [-0.2, 0) is 10.0 Å². The van der Waals surface area contributed by atoms with Crippen molar-refractivity contribution in [2.75, 3.05) is 6.54 Å². The molecule has 0 spiro atoms. The standard InChI is InChI=1S/C14H18FNO2S/c15-13-8-4-5-9-14(13)19(17,18)16-11-10-12-6-2-1-3-7-12/h4-6,8-9,16H,1-3,7,10-11H2. The molecule has 0 heterocycles. The third-order valence-electron chi connectivity index (χ3n) is 3.25. The molecule has 0 radical (unpaired) electrons. The SMILES string of the molecule is O=S(=O)(NCCC1=CCCCC1)c1ccccc1F. The summed E-state index contributed by atoms with van der Waals surface area (Å²) in [5.41, 5.74) is 1.29. The molecule has 0 saturated carbocycles. The van der Waals surface area contributed by atoms with Crippen molar-refractivity contribution in [3.63, 3.8) is 0 Å². The molecule has 1 N–H and O–H groups in total. The average molecular weight is 283 g/mol. The number of halogens is 1. The molecule has 0 amide bonds. The summed E-state index contributed by atoms with van der Waals surface area (Å²) in [4.78, 5) is -0.285. The highest BCUT2D eigenvalue weighted by atomic mass is 32.2. The first-order chi connectivity index (χ1) is 9.09. The Morgan fingerprint density at radius 2 is 2.00 bits per heavy atom. The molecule has 0 atom stereocenters. The van der Waals surface area contributed by atoms with E-state index in [1.54, 1.807) is 0 Å². The Hall–Kier alpha value is -1.20. The molecule has 1 aliphatic carbocycles. The van der Waals surface area contributed by atoms with Crippen LogP contribution in [0.4, 0.5) is 4.39 Å². The normalized spacial score (nSPS) is 16.2. The Balaban J connectivity index is 1.95. The summed E-state index contributed by atoms with van der Waals surface area (Å²) in [6, 6.07) is 5.41. The fraction of sp³-hybridized carbons (Fsp3) is 0.429. The minimum Gasteiger partial charge on any atom is -0.211 e. The molecule has 5 heteroatoms. The topological polar surface area (TPSA) is 46.2 Å². The van der Waals surface area contributed by atoms with Gasteiger partial charge >= 0.3 is 0 Å². The molecular weight excluding hydrogens is 265 g/mol. The number of rotatable bonds is 5. The van der Waals surface area contributed by atoms with E-state index in [4.69, 9.17) is 0 Å². The third-order valence-corrected chi connectivity index (χ3v) is 4.74. The van der Waals surface area contributed by atoms with E-state index in [9.17, 15) is 12.8 Å². The van der Waals surface area contributed by atoms with Crippen LogP contribution >= 0.6 is 0 Å². The smallest absolute Gasteiger partial charge is 0.211 e. The molecular formula is C14H18FNO2S. The van der Waals surface area contributed by atoms with Gasteiger partial charge in [0.25, 0.3) is 0 Å². The van der Waals surface area contributed by atoms with E-state index in [0.717, 1.165) is 18.9 Å². The Bertz CT molecular complexity index is 567. The highest BCUT2D eigenvalue weighted by molar-refractivity contribution is 7.89. The van der Waals surface area contributed by atoms with Gasteiger partial charge < -0.3 is 0 Å². The van der Waals surface area contributed by atoms with E-state index >= 15 is 0 Å². The first-order valence-corrected chi connectivity index (χ1v) is 8.00. The van der Waals surface area contributed by atoms with Crippen molar-refractivity contribution in [1.29, 1.82) is 0 Å². The molecule has 104 valence electrons. The van der Waals surface area contributed by atoms with Crippen molar-refractivity contribution < 1.29 is 12.8 Å². The van der Waals surface area contributed by atoms with Crippen LogP contribution in [0.15, 0.2) is 40.8 Å². The van der Waals surface area contributed by atoms with Gasteiger partial charge in [0, 0.05) is 6.54 Å². The molecule has 19 heavy (non-hydrogen) atoms. The Kier molecular flexibility index (Phi) is 4.71. The van der Waals surface area contributed by atoms with Gasteiger partial charge in [-0.05, 0) is 44.2 Å². The fourth-order valence-corrected chi connectivity index (χ4v) is 3.33. The number of hydrogen-bond donors (Lipinski definition) is 1. The number of allylic oxidation sites excluding steroid dienone is 1. The lowest BCUT2D eigenvalue weighted by Crippen LogP contribution is -2.26. The molecule has 2 rings (SSSR count). The number of nitrogens with one attached hydrogen (secondary N) is 1. The van der Waals surface area contributed by atoms with Gasteiger partial charge in [-0.2, -0.15) is 0 Å². The maximum Gasteiger partial charge on any atom is 0.243 e. The van der Waals surface area contributed by atoms with Crippen LogP contribution < -0.4 is 4.72 Å². The Morgan fingerprint density at radius 1 is 1.21 bits per heavy atom. The maximum atomic E-state index is 13.4. The molecule has 0 bridgehead atoms. The van der Waals surface area contributed by atoms with Crippen molar-refractivity contribution >= 4 is 10.0 Å². The molecule has 0 unspecified atom stereocenters. The monoisotopic (exact) mass is 283 g/mol. The predicted molar refractivity (Wildman–Crippen MR) is 72.8 cm³/mol. The highest BCUT2D eigenvalue weighted by Gasteiger charge is 2.17. The van der Waals surface area contributed by atoms with E-state index in [2.05, 4.69) is 10.8 Å². The van der Waals surface area contributed by atoms with E-state index in [1.807, 2.05) is 0 Å². The van der Waals surface area contributed by atoms with E-state index < -0.39 is 15.8 Å². The zero-order valence-electron chi connectivity index (χ0n) is 10.7. The largest absolute Gasteiger partial charge is 0.243 e. The van der Waals surface area contributed by atoms with E-state index in [0.29, 0.717) is 13.0 Å². The van der Waals surface area contributed by atoms with Crippen molar-refractivity contribution in [3.8, 4) is 0 Å². The van der Waals surface area contributed by atoms with Gasteiger partial charge in [-0.25, -0.2) is 17.5 Å². The molecule has 0 aliphatic heterocycles. The second-order valence-electron chi connectivity index (χ2n) is 4.69. The summed E-state index contributed by atoms with van der Waals surface area (Å²) in [7, 11) is -3.74. The van der Waals surface area contributed by atoms with Gasteiger partial charge in [0.1, 0.15) is 10.7 Å². The lowest BCUT2D eigenvalue weighted by Gasteiger charge is -2.13. The van der Waals surface area contributed by atoms with Gasteiger partial charge in [0.15, 0.2) is 0 Å². The van der Waals surface area contributed by atoms with Crippen LogP contribution in [0.5, 0.6) is 0 Å². The highest BCUT2D eigenvalue weighted by Crippen LogP contribution is 2.20. The quantitative estimate of drug-likeness (QED) is 0.844. The summed E-state index contributed by atoms with van der Waals surface area (Å²) in [5, 5.41) is 0. The van der Waals surface area contributed by atoms with Crippen LogP contribution in [0.2, 0.25) is 0 Å². The summed E-state index contributed by atoms with van der Waals surface area (Å²) in [6.45, 7) is 0.322. The lowest BCUT2D eigenvalue weighted by atomic mass is 9.97. The van der Waals surface area contributed by atoms with Crippen LogP contribution in [0.1, 0.15) is 32.1 Å². The second kappa shape index (κ2) is 6.30. The molecule has 1 aliphatic rings. The van der Waals surface area contributed by atoms with Crippen LogP contribution in [0, 0.1) is 5.82 Å². The minimum atomic E-state index is -3.74. The average Bonchev–Trinajstić information content (AvgIpc) is 2.40. The van der Waals surface area contributed by atoms with Gasteiger partial charge in [-0.15, -0.1) is 0 Å². The molecule has 0 saturated heterocycles. The zero-order valence-corrected chi connectivity index (χ0v) is 11.5. The van der Waals surface area contributed by atoms with E-state index in [-0.39, 0.29) is 4.90 Å². The van der Waals surface area contributed by atoms with Gasteiger partial charge in [0.2, 0.25) is 10.0 Å². The minimum absolute atomic E-state index is 0.285. The Labute approximate surface area is 113 Å². The summed E-state index contributed by atoms with van der Waals surface area (Å²) < 4.78 is 39.7. The van der Waals surface area contributed by atoms with E-state index in [1.165, 1.54) is 36.6 Å². The summed E-state index contributed by atoms with van der Waals surface area (Å²) in [6.07, 6.45) is 7.39. The number of hydrogen-bond acceptors (Lipinski definition) is 2. The van der Waals surface area contributed by atoms with Crippen LogP contribution in [0.3, 0.4) is 0 Å². The third kappa shape index (κ3) is 3.88. The Morgan fingerprint density at radius 3 is 2.68 bits per heavy atom. The predicted octanol–water partition coefficient (Wildman–Crippen LogP) is 2.99. The van der Waals surface area contributed by atoms with Crippen molar-refractivity contribution in [2.45, 2.75) is 37.0 Å². The molecule has 1 aromatic carbocycles. The molecule has 0 aromatic heterocycles. The fourth-order valence-electron chi connectivity index (χ4n) is 2.22. The lowest BCUT2D eigenvalue weighted by molar-refractivity contribution is 0.556. The second-order valence-corrected chi connectivity index (χ2v) is 6.42. The number of sulfonamides is 1. The summed E-state index contributed by atoms with van der Waals surface area (Å²) >= 11 is 0. The van der Waals surface area contributed by atoms with Gasteiger partial charge in [-0.3, -0.25) is 0 Å². The van der Waals surface area contributed by atoms with Crippen molar-refractivity contribution in [2.24, 2.45) is 0 Å². The van der Waals surface area contributed by atoms with Crippen molar-refractivity contribution in [3.05, 3.63) is 41.7 Å². The molecule has 0 fully saturated rings. The first-order valence-electron chi connectivity index (χ1n) is 6.52. The molecule has 3 nitrogen and oxygen atoms in total. The van der Waals surface area contributed by atoms with Crippen molar-refractivity contribution in [1.82, 2.24) is 4.72 Å². The van der Waals surface area contributed by atoms with Crippen LogP contribution in [-0.4, -0.2) is 15.0 Å². The summed E-state index contributed by atoms with van der Waals surface area (Å²) in [5.74, 6) is -0.716. The van der Waals surface area contributed by atoms with Gasteiger partial charge in [0.05, 0.1) is 0 Å². The zero-order chi connectivity index (χ0) is 13.7. The van der Waals surface area contributed by atoms with Gasteiger partial charge in [-0.1, -0.05) is 23.8 Å². The maximum absolute atomic E-state index is 13.4. The van der Waals surface area contributed by atoms with Crippen LogP contribution in [0.25, 0.3) is 0 Å². The first kappa shape index (κ1) is 14.2.